The average Bonchev–Trinajstić information content (AvgIpc) is 2.44. The van der Waals surface area contributed by atoms with Crippen molar-refractivity contribution in [2.45, 2.75) is 6.92 Å². The van der Waals surface area contributed by atoms with Gasteiger partial charge in [0.2, 0.25) is 0 Å². The van der Waals surface area contributed by atoms with E-state index in [-0.39, 0.29) is 0 Å². The van der Waals surface area contributed by atoms with Gasteiger partial charge in [-0.15, -0.1) is 0 Å². The maximum atomic E-state index is 13.5. The van der Waals surface area contributed by atoms with Gasteiger partial charge in [0.05, 0.1) is 5.56 Å². The molecule has 0 radical (unpaired) electrons. The minimum absolute atomic E-state index is 0.310. The fourth-order valence-electron chi connectivity index (χ4n) is 1.66. The Kier molecular flexibility index (Phi) is 4.32. The summed E-state index contributed by atoms with van der Waals surface area (Å²) in [6, 6.07) is 5.06. The average molecular weight is 362 g/mol. The SMILES string of the molecule is Cc1cc(NC(=O)c2cc(F)c(F)c(F)c2F)ccc1Br. The van der Waals surface area contributed by atoms with Crippen molar-refractivity contribution in [3.8, 4) is 0 Å². The lowest BCUT2D eigenvalue weighted by atomic mass is 10.1. The van der Waals surface area contributed by atoms with Gasteiger partial charge in [-0.2, -0.15) is 0 Å². The number of nitrogens with one attached hydrogen (secondary N) is 1. The van der Waals surface area contributed by atoms with Crippen molar-refractivity contribution in [2.24, 2.45) is 0 Å². The van der Waals surface area contributed by atoms with Crippen LogP contribution in [0.5, 0.6) is 0 Å². The maximum absolute atomic E-state index is 13.5. The summed E-state index contributed by atoms with van der Waals surface area (Å²) in [7, 11) is 0. The Morgan fingerprint density at radius 1 is 1.05 bits per heavy atom. The second kappa shape index (κ2) is 5.85. The molecule has 7 heteroatoms. The molecular formula is C14H8BrF4NO. The zero-order valence-electron chi connectivity index (χ0n) is 10.6. The molecule has 0 heterocycles. The van der Waals surface area contributed by atoms with Crippen LogP contribution in [-0.2, 0) is 0 Å². The Bertz CT molecular complexity index is 733. The number of rotatable bonds is 2. The zero-order chi connectivity index (χ0) is 15.7. The van der Waals surface area contributed by atoms with Crippen LogP contribution in [0.25, 0.3) is 0 Å². The summed E-state index contributed by atoms with van der Waals surface area (Å²) in [5.41, 5.74) is 0.196. The number of benzene rings is 2. The molecular weight excluding hydrogens is 354 g/mol. The van der Waals surface area contributed by atoms with Gasteiger partial charge in [-0.25, -0.2) is 17.6 Å². The smallest absolute Gasteiger partial charge is 0.258 e. The molecule has 2 rings (SSSR count). The first-order valence-electron chi connectivity index (χ1n) is 5.71. The number of aryl methyl sites for hydroxylation is 1. The molecule has 2 nitrogen and oxygen atoms in total. The molecule has 0 saturated carbocycles. The van der Waals surface area contributed by atoms with E-state index in [0.717, 1.165) is 10.0 Å². The number of hydrogen-bond acceptors (Lipinski definition) is 1. The summed E-state index contributed by atoms with van der Waals surface area (Å²) in [5.74, 6) is -8.42. The number of hydrogen-bond donors (Lipinski definition) is 1. The van der Waals surface area contributed by atoms with Crippen molar-refractivity contribution >= 4 is 27.5 Å². The van der Waals surface area contributed by atoms with E-state index in [1.165, 1.54) is 6.07 Å². The van der Waals surface area contributed by atoms with Crippen molar-refractivity contribution in [3.05, 3.63) is 63.1 Å². The highest BCUT2D eigenvalue weighted by Gasteiger charge is 2.23. The quantitative estimate of drug-likeness (QED) is 0.474. The van der Waals surface area contributed by atoms with Crippen LogP contribution in [-0.4, -0.2) is 5.91 Å². The predicted molar refractivity (Wildman–Crippen MR) is 73.1 cm³/mol. The number of anilines is 1. The van der Waals surface area contributed by atoms with Gasteiger partial charge in [-0.3, -0.25) is 4.79 Å². The van der Waals surface area contributed by atoms with E-state index >= 15 is 0 Å². The molecule has 21 heavy (non-hydrogen) atoms. The molecule has 0 atom stereocenters. The number of halogens is 5. The predicted octanol–water partition coefficient (Wildman–Crippen LogP) is 4.57. The summed E-state index contributed by atoms with van der Waals surface area (Å²) in [6.45, 7) is 1.76. The van der Waals surface area contributed by atoms with Crippen molar-refractivity contribution in [1.29, 1.82) is 0 Å². The Labute approximate surface area is 125 Å². The van der Waals surface area contributed by atoms with Crippen LogP contribution in [0.4, 0.5) is 23.2 Å². The minimum Gasteiger partial charge on any atom is -0.322 e. The minimum atomic E-state index is -2.02. The fourth-order valence-corrected chi connectivity index (χ4v) is 1.91. The summed E-state index contributed by atoms with van der Waals surface area (Å²) in [6.07, 6.45) is 0. The van der Waals surface area contributed by atoms with Crippen molar-refractivity contribution in [3.63, 3.8) is 0 Å². The molecule has 0 aliphatic rings. The van der Waals surface area contributed by atoms with Crippen molar-refractivity contribution in [2.75, 3.05) is 5.32 Å². The molecule has 2 aromatic carbocycles. The normalized spacial score (nSPS) is 10.6. The van der Waals surface area contributed by atoms with Crippen LogP contribution in [0.1, 0.15) is 15.9 Å². The lowest BCUT2D eigenvalue weighted by Gasteiger charge is -2.09. The Hall–Kier alpha value is -1.89. The standard InChI is InChI=1S/C14H8BrF4NO/c1-6-4-7(2-3-9(6)15)20-14(21)8-5-10(16)12(18)13(19)11(8)17/h2-5H,1H3,(H,20,21). The Morgan fingerprint density at radius 2 is 1.71 bits per heavy atom. The van der Waals surface area contributed by atoms with Crippen LogP contribution in [0, 0.1) is 30.2 Å². The molecule has 0 bridgehead atoms. The van der Waals surface area contributed by atoms with Gasteiger partial charge in [0, 0.05) is 10.2 Å². The molecule has 0 unspecified atom stereocenters. The summed E-state index contributed by atoms with van der Waals surface area (Å²) < 4.78 is 53.3. The first-order valence-corrected chi connectivity index (χ1v) is 6.51. The van der Waals surface area contributed by atoms with E-state index in [2.05, 4.69) is 21.2 Å². The summed E-state index contributed by atoms with van der Waals surface area (Å²) in [4.78, 5) is 11.8. The third-order valence-electron chi connectivity index (χ3n) is 2.76. The third kappa shape index (κ3) is 3.07. The van der Waals surface area contributed by atoms with E-state index in [1.807, 2.05) is 0 Å². The summed E-state index contributed by atoms with van der Waals surface area (Å²) >= 11 is 3.27. The van der Waals surface area contributed by atoms with Gasteiger partial charge in [0.1, 0.15) is 0 Å². The van der Waals surface area contributed by atoms with Crippen molar-refractivity contribution in [1.82, 2.24) is 0 Å². The fraction of sp³-hybridized carbons (Fsp3) is 0.0714. The van der Waals surface area contributed by atoms with Gasteiger partial charge in [0.15, 0.2) is 23.3 Å². The molecule has 110 valence electrons. The molecule has 0 aliphatic carbocycles. The lowest BCUT2D eigenvalue weighted by molar-refractivity contribution is 0.102. The van der Waals surface area contributed by atoms with Crippen molar-refractivity contribution < 1.29 is 22.4 Å². The van der Waals surface area contributed by atoms with E-state index in [9.17, 15) is 22.4 Å². The highest BCUT2D eigenvalue weighted by atomic mass is 79.9. The van der Waals surface area contributed by atoms with E-state index < -0.39 is 34.7 Å². The first-order chi connectivity index (χ1) is 9.81. The second-order valence-corrected chi connectivity index (χ2v) is 5.12. The number of carbonyl (C=O) groups excluding carboxylic acids is 1. The molecule has 2 aromatic rings. The highest BCUT2D eigenvalue weighted by Crippen LogP contribution is 2.22. The van der Waals surface area contributed by atoms with Crippen LogP contribution >= 0.6 is 15.9 Å². The van der Waals surface area contributed by atoms with Crippen LogP contribution in [0.15, 0.2) is 28.7 Å². The summed E-state index contributed by atoms with van der Waals surface area (Å²) in [5, 5.41) is 2.29. The van der Waals surface area contributed by atoms with E-state index in [4.69, 9.17) is 0 Å². The van der Waals surface area contributed by atoms with E-state index in [1.54, 1.807) is 19.1 Å². The van der Waals surface area contributed by atoms with Gasteiger partial charge in [0.25, 0.3) is 5.91 Å². The van der Waals surface area contributed by atoms with Gasteiger partial charge < -0.3 is 5.32 Å². The molecule has 0 aliphatic heterocycles. The maximum Gasteiger partial charge on any atom is 0.258 e. The topological polar surface area (TPSA) is 29.1 Å². The lowest BCUT2D eigenvalue weighted by Crippen LogP contribution is -2.16. The zero-order valence-corrected chi connectivity index (χ0v) is 12.2. The largest absolute Gasteiger partial charge is 0.322 e. The first kappa shape index (κ1) is 15.5. The molecule has 1 N–H and O–H groups in total. The van der Waals surface area contributed by atoms with Gasteiger partial charge in [-0.1, -0.05) is 15.9 Å². The van der Waals surface area contributed by atoms with Gasteiger partial charge >= 0.3 is 0 Å². The Balaban J connectivity index is 2.35. The number of amides is 1. The monoisotopic (exact) mass is 361 g/mol. The molecule has 0 spiro atoms. The molecule has 0 fully saturated rings. The Morgan fingerprint density at radius 3 is 2.33 bits per heavy atom. The molecule has 1 amide bonds. The highest BCUT2D eigenvalue weighted by molar-refractivity contribution is 9.10. The van der Waals surface area contributed by atoms with Gasteiger partial charge in [-0.05, 0) is 36.8 Å². The molecule has 0 saturated heterocycles. The molecule has 0 aromatic heterocycles. The van der Waals surface area contributed by atoms with Crippen LogP contribution < -0.4 is 5.32 Å². The van der Waals surface area contributed by atoms with E-state index in [0.29, 0.717) is 11.8 Å². The third-order valence-corrected chi connectivity index (χ3v) is 3.65. The van der Waals surface area contributed by atoms with Crippen LogP contribution in [0.2, 0.25) is 0 Å². The second-order valence-electron chi connectivity index (χ2n) is 4.27. The van der Waals surface area contributed by atoms with Crippen LogP contribution in [0.3, 0.4) is 0 Å². The number of carbonyl (C=O) groups is 1.